The summed E-state index contributed by atoms with van der Waals surface area (Å²) in [5.41, 5.74) is 1.49. The number of hydrogen-bond acceptors (Lipinski definition) is 5. The first-order valence-corrected chi connectivity index (χ1v) is 14.9. The van der Waals surface area contributed by atoms with Crippen molar-refractivity contribution in [2.24, 2.45) is 0 Å². The van der Waals surface area contributed by atoms with Crippen LogP contribution in [0.1, 0.15) is 0 Å². The molecule has 0 spiro atoms. The van der Waals surface area contributed by atoms with E-state index in [2.05, 4.69) is 0 Å². The molecule has 0 atom stereocenters. The molecular weight excluding hydrogens is 540 g/mol. The Labute approximate surface area is 226 Å². The van der Waals surface area contributed by atoms with Gasteiger partial charge in [0.2, 0.25) is 19.7 Å². The van der Waals surface area contributed by atoms with Crippen molar-refractivity contribution in [1.29, 1.82) is 0 Å². The molecule has 8 heteroatoms. The first-order chi connectivity index (χ1) is 18.2. The Kier molecular flexibility index (Phi) is 7.08. The molecule has 0 saturated carbocycles. The van der Waals surface area contributed by atoms with Gasteiger partial charge in [0.25, 0.3) is 0 Å². The van der Waals surface area contributed by atoms with E-state index in [0.717, 1.165) is 11.1 Å². The first-order valence-electron chi connectivity index (χ1n) is 11.5. The van der Waals surface area contributed by atoms with Crippen LogP contribution in [-0.4, -0.2) is 16.8 Å². The van der Waals surface area contributed by atoms with Gasteiger partial charge in [-0.15, -0.1) is 0 Å². The van der Waals surface area contributed by atoms with Crippen molar-refractivity contribution >= 4 is 31.3 Å². The summed E-state index contributed by atoms with van der Waals surface area (Å²) in [7, 11) is -7.50. The molecule has 5 aromatic rings. The van der Waals surface area contributed by atoms with Crippen LogP contribution in [-0.2, 0) is 19.7 Å². The van der Waals surface area contributed by atoms with Gasteiger partial charge in [0, 0.05) is 0 Å². The molecule has 38 heavy (non-hydrogen) atoms. The van der Waals surface area contributed by atoms with Gasteiger partial charge in [-0.25, -0.2) is 16.8 Å². The Bertz CT molecular complexity index is 1780. The zero-order valence-corrected chi connectivity index (χ0v) is 22.2. The number of halogens is 1. The summed E-state index contributed by atoms with van der Waals surface area (Å²) in [5.74, 6) is 1.19. The minimum Gasteiger partial charge on any atom is -0.457 e. The third kappa shape index (κ3) is 5.22. The van der Waals surface area contributed by atoms with E-state index in [-0.39, 0.29) is 24.6 Å². The normalized spacial score (nSPS) is 11.7. The maximum atomic E-state index is 13.2. The predicted octanol–water partition coefficient (Wildman–Crippen LogP) is 7.46. The van der Waals surface area contributed by atoms with E-state index in [4.69, 9.17) is 16.3 Å². The van der Waals surface area contributed by atoms with Crippen molar-refractivity contribution in [3.8, 4) is 22.6 Å². The minimum atomic E-state index is -3.77. The van der Waals surface area contributed by atoms with Crippen molar-refractivity contribution in [2.75, 3.05) is 0 Å². The standard InChI is InChI=1S/C30H21ClO5S2/c31-29-8-4-5-9-30(29)38(34,35)28-18-12-23(13-19-28)22-10-16-26(17-11-22)37(32,33)27-20-14-25(15-21-27)36-24-6-2-1-3-7-24/h1-21H. The summed E-state index contributed by atoms with van der Waals surface area (Å²) in [5, 5.41) is 0.159. The molecule has 0 fully saturated rings. The highest BCUT2D eigenvalue weighted by Gasteiger charge is 2.21. The van der Waals surface area contributed by atoms with Gasteiger partial charge in [-0.3, -0.25) is 0 Å². The molecule has 0 radical (unpaired) electrons. The van der Waals surface area contributed by atoms with Crippen molar-refractivity contribution in [2.45, 2.75) is 19.6 Å². The van der Waals surface area contributed by atoms with E-state index in [1.807, 2.05) is 30.3 Å². The number of benzene rings is 5. The lowest BCUT2D eigenvalue weighted by Gasteiger charge is -2.10. The van der Waals surface area contributed by atoms with Crippen LogP contribution < -0.4 is 4.74 Å². The molecule has 0 aliphatic heterocycles. The fourth-order valence-corrected chi connectivity index (χ4v) is 6.92. The molecule has 0 aliphatic rings. The van der Waals surface area contributed by atoms with Gasteiger partial charge in [-0.05, 0) is 83.9 Å². The summed E-state index contributed by atoms with van der Waals surface area (Å²) in [6.07, 6.45) is 0. The lowest BCUT2D eigenvalue weighted by Crippen LogP contribution is -2.03. The smallest absolute Gasteiger partial charge is 0.208 e. The molecular formula is C30H21ClO5S2. The predicted molar refractivity (Wildman–Crippen MR) is 147 cm³/mol. The van der Waals surface area contributed by atoms with Gasteiger partial charge in [-0.2, -0.15) is 0 Å². The van der Waals surface area contributed by atoms with Gasteiger partial charge in [-0.1, -0.05) is 66.2 Å². The Balaban J connectivity index is 1.34. The molecule has 0 bridgehead atoms. The number of rotatable bonds is 7. The quantitative estimate of drug-likeness (QED) is 0.206. The van der Waals surface area contributed by atoms with Crippen LogP contribution in [0.3, 0.4) is 0 Å². The molecule has 0 N–H and O–H groups in total. The van der Waals surface area contributed by atoms with E-state index in [1.54, 1.807) is 48.5 Å². The van der Waals surface area contributed by atoms with Crippen molar-refractivity contribution in [3.63, 3.8) is 0 Å². The Morgan fingerprint density at radius 2 is 0.868 bits per heavy atom. The molecule has 0 aliphatic carbocycles. The van der Waals surface area contributed by atoms with Crippen molar-refractivity contribution in [1.82, 2.24) is 0 Å². The van der Waals surface area contributed by atoms with Crippen molar-refractivity contribution < 1.29 is 21.6 Å². The second kappa shape index (κ2) is 10.5. The van der Waals surface area contributed by atoms with E-state index in [0.29, 0.717) is 11.5 Å². The Hall–Kier alpha value is -3.91. The third-order valence-corrected chi connectivity index (χ3v) is 9.96. The number of ether oxygens (including phenoxy) is 1. The topological polar surface area (TPSA) is 77.5 Å². The third-order valence-electron chi connectivity index (χ3n) is 5.90. The molecule has 0 heterocycles. The second-order valence-corrected chi connectivity index (χ2v) is 12.6. The minimum absolute atomic E-state index is 0.0450. The first kappa shape index (κ1) is 25.7. The fraction of sp³-hybridized carbons (Fsp3) is 0. The van der Waals surface area contributed by atoms with Gasteiger partial charge >= 0.3 is 0 Å². The Morgan fingerprint density at radius 3 is 1.39 bits per heavy atom. The lowest BCUT2D eigenvalue weighted by atomic mass is 10.1. The molecule has 5 aromatic carbocycles. The molecule has 0 unspecified atom stereocenters. The lowest BCUT2D eigenvalue weighted by molar-refractivity contribution is 0.482. The summed E-state index contributed by atoms with van der Waals surface area (Å²) in [6, 6.07) is 34.6. The van der Waals surface area contributed by atoms with Gasteiger partial charge < -0.3 is 4.74 Å². The maximum absolute atomic E-state index is 13.2. The summed E-state index contributed by atoms with van der Waals surface area (Å²) in [6.45, 7) is 0. The van der Waals surface area contributed by atoms with E-state index >= 15 is 0 Å². The Morgan fingerprint density at radius 1 is 0.447 bits per heavy atom. The zero-order chi connectivity index (χ0) is 26.8. The van der Waals surface area contributed by atoms with Gasteiger partial charge in [0.15, 0.2) is 0 Å². The van der Waals surface area contributed by atoms with Crippen LogP contribution in [0.4, 0.5) is 0 Å². The SMILES string of the molecule is O=S(=O)(c1ccc(Oc2ccccc2)cc1)c1ccc(-c2ccc(S(=O)(=O)c3ccccc3Cl)cc2)cc1. The molecule has 5 rings (SSSR count). The number of para-hydroxylation sites is 1. The molecule has 0 aromatic heterocycles. The van der Waals surface area contributed by atoms with Gasteiger partial charge in [0.05, 0.1) is 24.6 Å². The van der Waals surface area contributed by atoms with Crippen molar-refractivity contribution in [3.05, 3.63) is 132 Å². The van der Waals surface area contributed by atoms with Crippen LogP contribution in [0.15, 0.2) is 147 Å². The maximum Gasteiger partial charge on any atom is 0.208 e. The van der Waals surface area contributed by atoms with Gasteiger partial charge in [0.1, 0.15) is 11.5 Å². The van der Waals surface area contributed by atoms with E-state index < -0.39 is 19.7 Å². The monoisotopic (exact) mass is 560 g/mol. The summed E-state index contributed by atoms with van der Waals surface area (Å²) >= 11 is 6.09. The number of hydrogen-bond donors (Lipinski definition) is 0. The summed E-state index contributed by atoms with van der Waals surface area (Å²) < 4.78 is 57.9. The van der Waals surface area contributed by atoms with Crippen LogP contribution >= 0.6 is 11.6 Å². The molecule has 5 nitrogen and oxygen atoms in total. The average molecular weight is 561 g/mol. The fourth-order valence-electron chi connectivity index (χ4n) is 3.89. The molecule has 0 saturated heterocycles. The van der Waals surface area contributed by atoms with E-state index in [9.17, 15) is 16.8 Å². The second-order valence-electron chi connectivity index (χ2n) is 8.37. The summed E-state index contributed by atoms with van der Waals surface area (Å²) in [4.78, 5) is 0.465. The molecule has 0 amide bonds. The van der Waals surface area contributed by atoms with Crippen LogP contribution in [0, 0.1) is 0 Å². The average Bonchev–Trinajstić information content (AvgIpc) is 2.94. The molecule has 190 valence electrons. The number of sulfone groups is 2. The highest BCUT2D eigenvalue weighted by molar-refractivity contribution is 7.91. The van der Waals surface area contributed by atoms with Crippen LogP contribution in [0.25, 0.3) is 11.1 Å². The van der Waals surface area contributed by atoms with E-state index in [1.165, 1.54) is 48.5 Å². The largest absolute Gasteiger partial charge is 0.457 e. The van der Waals surface area contributed by atoms with Crippen LogP contribution in [0.2, 0.25) is 5.02 Å². The van der Waals surface area contributed by atoms with Crippen LogP contribution in [0.5, 0.6) is 11.5 Å². The zero-order valence-electron chi connectivity index (χ0n) is 19.9. The highest BCUT2D eigenvalue weighted by Crippen LogP contribution is 2.31. The highest BCUT2D eigenvalue weighted by atomic mass is 35.5.